The molecular formula is C18H19ClN2O4S. The van der Waals surface area contributed by atoms with Gasteiger partial charge in [-0.1, -0.05) is 35.9 Å². The van der Waals surface area contributed by atoms with Gasteiger partial charge < -0.3 is 10.4 Å². The number of fused-ring (bicyclic) bond motifs is 1. The summed E-state index contributed by atoms with van der Waals surface area (Å²) in [4.78, 5) is 12.2. The topological polar surface area (TPSA) is 86.7 Å². The van der Waals surface area contributed by atoms with E-state index in [1.165, 1.54) is 22.5 Å². The van der Waals surface area contributed by atoms with Crippen molar-refractivity contribution in [3.8, 4) is 0 Å². The molecule has 6 nitrogen and oxygen atoms in total. The van der Waals surface area contributed by atoms with Crippen LogP contribution in [-0.4, -0.2) is 43.4 Å². The van der Waals surface area contributed by atoms with Gasteiger partial charge in [-0.25, -0.2) is 8.42 Å². The molecule has 0 spiro atoms. The Morgan fingerprint density at radius 2 is 1.92 bits per heavy atom. The molecule has 0 unspecified atom stereocenters. The number of hydrogen-bond donors (Lipinski definition) is 2. The molecule has 1 amide bonds. The lowest BCUT2D eigenvalue weighted by atomic mass is 10.0. The highest BCUT2D eigenvalue weighted by molar-refractivity contribution is 7.89. The second-order valence-electron chi connectivity index (χ2n) is 5.98. The van der Waals surface area contributed by atoms with Crippen molar-refractivity contribution in [2.75, 3.05) is 19.7 Å². The van der Waals surface area contributed by atoms with Gasteiger partial charge in [0, 0.05) is 19.6 Å². The summed E-state index contributed by atoms with van der Waals surface area (Å²) in [6.07, 6.45) is 0.646. The first kappa shape index (κ1) is 18.8. The molecule has 0 bridgehead atoms. The minimum absolute atomic E-state index is 0.0235. The number of nitrogens with zero attached hydrogens (tertiary/aromatic N) is 1. The summed E-state index contributed by atoms with van der Waals surface area (Å²) in [7, 11) is -3.75. The SMILES string of the molecule is O=C(NCCO)c1cc(S(=O)(=O)N2CCc3ccccc3C2)ccc1Cl. The molecule has 1 aliphatic rings. The van der Waals surface area contributed by atoms with Crippen molar-refractivity contribution in [3.63, 3.8) is 0 Å². The number of benzene rings is 2. The number of carbonyl (C=O) groups excluding carboxylic acids is 1. The van der Waals surface area contributed by atoms with E-state index >= 15 is 0 Å². The molecule has 3 rings (SSSR count). The average Bonchev–Trinajstić information content (AvgIpc) is 2.65. The first-order chi connectivity index (χ1) is 12.4. The number of halogens is 1. The zero-order valence-corrected chi connectivity index (χ0v) is 15.6. The molecule has 2 aromatic carbocycles. The fourth-order valence-electron chi connectivity index (χ4n) is 2.93. The third-order valence-electron chi connectivity index (χ3n) is 4.31. The van der Waals surface area contributed by atoms with Crippen molar-refractivity contribution in [3.05, 3.63) is 64.2 Å². The minimum Gasteiger partial charge on any atom is -0.395 e. The molecule has 1 aliphatic heterocycles. The zero-order valence-electron chi connectivity index (χ0n) is 14.0. The Labute approximate surface area is 157 Å². The third-order valence-corrected chi connectivity index (χ3v) is 6.48. The van der Waals surface area contributed by atoms with Crippen LogP contribution in [0.1, 0.15) is 21.5 Å². The number of amides is 1. The molecule has 138 valence electrons. The molecule has 0 aromatic heterocycles. The van der Waals surface area contributed by atoms with Gasteiger partial charge in [0.05, 0.1) is 22.1 Å². The van der Waals surface area contributed by atoms with Crippen LogP contribution in [0, 0.1) is 0 Å². The molecule has 2 N–H and O–H groups in total. The van der Waals surface area contributed by atoms with Crippen LogP contribution in [0.3, 0.4) is 0 Å². The summed E-state index contributed by atoms with van der Waals surface area (Å²) < 4.78 is 27.4. The first-order valence-corrected chi connectivity index (χ1v) is 10.0. The summed E-state index contributed by atoms with van der Waals surface area (Å²) >= 11 is 6.04. The summed E-state index contributed by atoms with van der Waals surface area (Å²) in [6, 6.07) is 11.9. The molecule has 0 atom stereocenters. The molecule has 0 radical (unpaired) electrons. The average molecular weight is 395 g/mol. The Bertz CT molecular complexity index is 931. The molecule has 0 saturated carbocycles. The largest absolute Gasteiger partial charge is 0.395 e. The van der Waals surface area contributed by atoms with E-state index in [2.05, 4.69) is 5.32 Å². The van der Waals surface area contributed by atoms with Crippen molar-refractivity contribution in [2.45, 2.75) is 17.9 Å². The van der Waals surface area contributed by atoms with Gasteiger partial charge in [-0.15, -0.1) is 0 Å². The molecule has 0 saturated heterocycles. The Kier molecular flexibility index (Phi) is 5.62. The van der Waals surface area contributed by atoms with Crippen LogP contribution in [-0.2, 0) is 23.0 Å². The summed E-state index contributed by atoms with van der Waals surface area (Å²) in [5, 5.41) is 11.5. The highest BCUT2D eigenvalue weighted by Gasteiger charge is 2.29. The molecule has 0 aliphatic carbocycles. The summed E-state index contributed by atoms with van der Waals surface area (Å²) in [6.45, 7) is 0.533. The van der Waals surface area contributed by atoms with Crippen LogP contribution >= 0.6 is 11.6 Å². The number of aliphatic hydroxyl groups excluding tert-OH is 1. The van der Waals surface area contributed by atoms with Crippen LogP contribution in [0.15, 0.2) is 47.4 Å². The normalized spacial score (nSPS) is 14.7. The molecule has 1 heterocycles. The number of hydrogen-bond acceptors (Lipinski definition) is 4. The maximum absolute atomic E-state index is 13.0. The Hall–Kier alpha value is -1.93. The standard InChI is InChI=1S/C18H19ClN2O4S/c19-17-6-5-15(11-16(17)18(23)20-8-10-22)26(24,25)21-9-7-13-3-1-2-4-14(13)12-21/h1-6,11,22H,7-10,12H2,(H,20,23). The van der Waals surface area contributed by atoms with Gasteiger partial charge in [0.2, 0.25) is 10.0 Å². The van der Waals surface area contributed by atoms with Gasteiger partial charge in [0.25, 0.3) is 5.91 Å². The van der Waals surface area contributed by atoms with Crippen LogP contribution in [0.2, 0.25) is 5.02 Å². The van der Waals surface area contributed by atoms with Crippen LogP contribution in [0.4, 0.5) is 0 Å². The maximum atomic E-state index is 13.0. The monoisotopic (exact) mass is 394 g/mol. The van der Waals surface area contributed by atoms with E-state index in [-0.39, 0.29) is 28.6 Å². The summed E-state index contributed by atoms with van der Waals surface area (Å²) in [5.74, 6) is -0.523. The van der Waals surface area contributed by atoms with Gasteiger partial charge in [-0.3, -0.25) is 4.79 Å². The molecular weight excluding hydrogens is 376 g/mol. The Balaban J connectivity index is 1.89. The second-order valence-corrected chi connectivity index (χ2v) is 8.32. The van der Waals surface area contributed by atoms with E-state index in [4.69, 9.17) is 16.7 Å². The lowest BCUT2D eigenvalue weighted by Crippen LogP contribution is -2.36. The van der Waals surface area contributed by atoms with Crippen LogP contribution < -0.4 is 5.32 Å². The lowest BCUT2D eigenvalue weighted by Gasteiger charge is -2.28. The summed E-state index contributed by atoms with van der Waals surface area (Å²) in [5.41, 5.74) is 2.20. The van der Waals surface area contributed by atoms with Gasteiger partial charge in [0.1, 0.15) is 0 Å². The van der Waals surface area contributed by atoms with Crippen molar-refractivity contribution in [2.24, 2.45) is 0 Å². The quantitative estimate of drug-likeness (QED) is 0.809. The number of sulfonamides is 1. The van der Waals surface area contributed by atoms with Crippen molar-refractivity contribution in [1.29, 1.82) is 0 Å². The van der Waals surface area contributed by atoms with Crippen molar-refractivity contribution >= 4 is 27.5 Å². The van der Waals surface area contributed by atoms with Gasteiger partial charge in [-0.2, -0.15) is 4.31 Å². The molecule has 0 fully saturated rings. The number of rotatable bonds is 5. The molecule has 2 aromatic rings. The van der Waals surface area contributed by atoms with Crippen molar-refractivity contribution < 1.29 is 18.3 Å². The fraction of sp³-hybridized carbons (Fsp3) is 0.278. The van der Waals surface area contributed by atoms with Crippen LogP contribution in [0.5, 0.6) is 0 Å². The molecule has 26 heavy (non-hydrogen) atoms. The lowest BCUT2D eigenvalue weighted by molar-refractivity contribution is 0.0944. The minimum atomic E-state index is -3.75. The van der Waals surface area contributed by atoms with E-state index < -0.39 is 15.9 Å². The number of aliphatic hydroxyl groups is 1. The first-order valence-electron chi connectivity index (χ1n) is 8.19. The third kappa shape index (κ3) is 3.76. The number of nitrogens with one attached hydrogen (secondary N) is 1. The number of carbonyl (C=O) groups is 1. The highest BCUT2D eigenvalue weighted by Crippen LogP contribution is 2.27. The maximum Gasteiger partial charge on any atom is 0.252 e. The molecule has 8 heteroatoms. The van der Waals surface area contributed by atoms with Crippen LogP contribution in [0.25, 0.3) is 0 Å². The van der Waals surface area contributed by atoms with E-state index in [1.807, 2.05) is 24.3 Å². The predicted molar refractivity (Wildman–Crippen MR) is 98.6 cm³/mol. The Morgan fingerprint density at radius 1 is 1.19 bits per heavy atom. The van der Waals surface area contributed by atoms with Gasteiger partial charge in [0.15, 0.2) is 0 Å². The van der Waals surface area contributed by atoms with Crippen molar-refractivity contribution in [1.82, 2.24) is 9.62 Å². The van der Waals surface area contributed by atoms with E-state index in [0.29, 0.717) is 19.5 Å². The zero-order chi connectivity index (χ0) is 18.7. The van der Waals surface area contributed by atoms with Gasteiger partial charge >= 0.3 is 0 Å². The van der Waals surface area contributed by atoms with E-state index in [0.717, 1.165) is 11.1 Å². The highest BCUT2D eigenvalue weighted by atomic mass is 35.5. The smallest absolute Gasteiger partial charge is 0.252 e. The fourth-order valence-corrected chi connectivity index (χ4v) is 4.58. The van der Waals surface area contributed by atoms with E-state index in [1.54, 1.807) is 0 Å². The second kappa shape index (κ2) is 7.75. The Morgan fingerprint density at radius 3 is 2.65 bits per heavy atom. The van der Waals surface area contributed by atoms with Gasteiger partial charge in [-0.05, 0) is 35.7 Å². The van der Waals surface area contributed by atoms with E-state index in [9.17, 15) is 13.2 Å². The predicted octanol–water partition coefficient (Wildman–Crippen LogP) is 1.81.